The first-order valence-electron chi connectivity index (χ1n) is 8.82. The summed E-state index contributed by atoms with van der Waals surface area (Å²) >= 11 is 0. The second-order valence-corrected chi connectivity index (χ2v) is 8.14. The molecule has 0 aromatic heterocycles. The van der Waals surface area contributed by atoms with Gasteiger partial charge < -0.3 is 4.74 Å². The van der Waals surface area contributed by atoms with Gasteiger partial charge in [0.05, 0.1) is 12.4 Å². The smallest absolute Gasteiger partial charge is 0.266 e. The zero-order valence-corrected chi connectivity index (χ0v) is 15.1. The summed E-state index contributed by atoms with van der Waals surface area (Å²) in [6.45, 7) is 2.20. The van der Waals surface area contributed by atoms with Crippen molar-refractivity contribution in [3.05, 3.63) is 42.5 Å². The van der Waals surface area contributed by atoms with Crippen molar-refractivity contribution < 1.29 is 17.7 Å². The second-order valence-electron chi connectivity index (χ2n) is 6.65. The maximum atomic E-state index is 11.4. The van der Waals surface area contributed by atoms with Gasteiger partial charge in [0.25, 0.3) is 10.1 Å². The largest absolute Gasteiger partial charge is 0.494 e. The Morgan fingerprint density at radius 1 is 1.04 bits per heavy atom. The summed E-state index contributed by atoms with van der Waals surface area (Å²) in [6.07, 6.45) is 3.91. The highest BCUT2D eigenvalue weighted by molar-refractivity contribution is 7.85. The Bertz CT molecular complexity index is 800. The van der Waals surface area contributed by atoms with Gasteiger partial charge in [-0.15, -0.1) is 0 Å². The SMILES string of the molecule is O=S(=O)(O)CC(CCOc1ccc2ccccc2c1)N1CCCCC1. The summed E-state index contributed by atoms with van der Waals surface area (Å²) in [6, 6.07) is 13.8. The van der Waals surface area contributed by atoms with E-state index in [0.29, 0.717) is 13.0 Å². The van der Waals surface area contributed by atoms with E-state index < -0.39 is 10.1 Å². The molecule has 0 bridgehead atoms. The molecule has 0 spiro atoms. The minimum Gasteiger partial charge on any atom is -0.494 e. The van der Waals surface area contributed by atoms with Crippen molar-refractivity contribution in [2.24, 2.45) is 0 Å². The summed E-state index contributed by atoms with van der Waals surface area (Å²) in [7, 11) is -3.99. The highest BCUT2D eigenvalue weighted by atomic mass is 32.2. The quantitative estimate of drug-likeness (QED) is 0.764. The van der Waals surface area contributed by atoms with Gasteiger partial charge in [0, 0.05) is 6.04 Å². The number of piperidine rings is 1. The molecule has 1 fully saturated rings. The van der Waals surface area contributed by atoms with Crippen molar-refractivity contribution >= 4 is 20.9 Å². The molecular weight excluding hydrogens is 338 g/mol. The first kappa shape index (κ1) is 18.2. The van der Waals surface area contributed by atoms with E-state index in [1.807, 2.05) is 36.4 Å². The molecule has 5 nitrogen and oxygen atoms in total. The third-order valence-corrected chi connectivity index (χ3v) is 5.56. The molecule has 3 rings (SSSR count). The van der Waals surface area contributed by atoms with E-state index >= 15 is 0 Å². The Hall–Kier alpha value is -1.63. The lowest BCUT2D eigenvalue weighted by Crippen LogP contribution is -2.43. The molecule has 2 aromatic rings. The fourth-order valence-electron chi connectivity index (χ4n) is 3.47. The Labute approximate surface area is 149 Å². The summed E-state index contributed by atoms with van der Waals surface area (Å²) in [5.74, 6) is 0.552. The van der Waals surface area contributed by atoms with Crippen LogP contribution in [0.3, 0.4) is 0 Å². The summed E-state index contributed by atoms with van der Waals surface area (Å²) in [4.78, 5) is 2.17. The van der Waals surface area contributed by atoms with Crippen LogP contribution in [0.5, 0.6) is 5.75 Å². The minimum atomic E-state index is -3.99. The van der Waals surface area contributed by atoms with Crippen molar-refractivity contribution in [1.82, 2.24) is 4.90 Å². The van der Waals surface area contributed by atoms with E-state index in [4.69, 9.17) is 4.74 Å². The second kappa shape index (κ2) is 8.17. The molecule has 6 heteroatoms. The lowest BCUT2D eigenvalue weighted by atomic mass is 10.1. The van der Waals surface area contributed by atoms with Gasteiger partial charge in [-0.1, -0.05) is 36.8 Å². The molecule has 1 atom stereocenters. The van der Waals surface area contributed by atoms with Gasteiger partial charge >= 0.3 is 0 Å². The molecule has 136 valence electrons. The summed E-state index contributed by atoms with van der Waals surface area (Å²) in [5, 5.41) is 2.28. The van der Waals surface area contributed by atoms with Crippen LogP contribution in [0.4, 0.5) is 0 Å². The standard InChI is InChI=1S/C19H25NO4S/c21-25(22,23)15-18(20-11-4-1-5-12-20)10-13-24-19-9-8-16-6-2-3-7-17(16)14-19/h2-3,6-9,14,18H,1,4-5,10-13,15H2,(H,21,22,23). The van der Waals surface area contributed by atoms with Crippen molar-refractivity contribution in [3.63, 3.8) is 0 Å². The highest BCUT2D eigenvalue weighted by Crippen LogP contribution is 2.21. The van der Waals surface area contributed by atoms with Crippen LogP contribution in [0.2, 0.25) is 0 Å². The third-order valence-electron chi connectivity index (χ3n) is 4.75. The van der Waals surface area contributed by atoms with E-state index in [9.17, 15) is 13.0 Å². The molecule has 0 amide bonds. The maximum Gasteiger partial charge on any atom is 0.266 e. The third kappa shape index (κ3) is 5.42. The number of ether oxygens (including phenoxy) is 1. The van der Waals surface area contributed by atoms with Crippen molar-refractivity contribution in [3.8, 4) is 5.75 Å². The first-order chi connectivity index (χ1) is 12.0. The fourth-order valence-corrected chi connectivity index (χ4v) is 4.33. The Kier molecular flexibility index (Phi) is 5.93. The minimum absolute atomic E-state index is 0.198. The van der Waals surface area contributed by atoms with Gasteiger partial charge in [0.2, 0.25) is 0 Å². The Morgan fingerprint density at radius 2 is 1.76 bits per heavy atom. The number of hydrogen-bond donors (Lipinski definition) is 1. The zero-order valence-electron chi connectivity index (χ0n) is 14.3. The molecule has 25 heavy (non-hydrogen) atoms. The number of hydrogen-bond acceptors (Lipinski definition) is 4. The summed E-state index contributed by atoms with van der Waals surface area (Å²) < 4.78 is 37.8. The van der Waals surface area contributed by atoms with E-state index in [1.54, 1.807) is 0 Å². The monoisotopic (exact) mass is 363 g/mol. The van der Waals surface area contributed by atoms with Gasteiger partial charge in [-0.3, -0.25) is 9.45 Å². The predicted molar refractivity (Wildman–Crippen MR) is 99.7 cm³/mol. The van der Waals surface area contributed by atoms with Gasteiger partial charge in [-0.2, -0.15) is 8.42 Å². The normalized spacial score (nSPS) is 17.5. The van der Waals surface area contributed by atoms with Gasteiger partial charge in [-0.25, -0.2) is 0 Å². The molecule has 0 aliphatic carbocycles. The number of benzene rings is 2. The molecule has 2 aromatic carbocycles. The summed E-state index contributed by atoms with van der Waals surface area (Å²) in [5.41, 5.74) is 0. The van der Waals surface area contributed by atoms with Crippen LogP contribution in [0.25, 0.3) is 10.8 Å². The topological polar surface area (TPSA) is 66.8 Å². The fraction of sp³-hybridized carbons (Fsp3) is 0.474. The van der Waals surface area contributed by atoms with Gasteiger partial charge in [0.1, 0.15) is 5.75 Å². The highest BCUT2D eigenvalue weighted by Gasteiger charge is 2.25. The van der Waals surface area contributed by atoms with Crippen molar-refractivity contribution in [1.29, 1.82) is 0 Å². The zero-order chi connectivity index (χ0) is 17.7. The van der Waals surface area contributed by atoms with Crippen LogP contribution in [0.1, 0.15) is 25.7 Å². The number of nitrogens with zero attached hydrogens (tertiary/aromatic N) is 1. The van der Waals surface area contributed by atoms with E-state index in [-0.39, 0.29) is 11.8 Å². The van der Waals surface area contributed by atoms with Crippen LogP contribution < -0.4 is 4.74 Å². The average molecular weight is 363 g/mol. The van der Waals surface area contributed by atoms with Gasteiger partial charge in [-0.05, 0) is 55.3 Å². The average Bonchev–Trinajstić information content (AvgIpc) is 2.60. The molecule has 0 saturated carbocycles. The predicted octanol–water partition coefficient (Wildman–Crippen LogP) is 3.35. The molecule has 1 aliphatic heterocycles. The lowest BCUT2D eigenvalue weighted by Gasteiger charge is -2.33. The lowest BCUT2D eigenvalue weighted by molar-refractivity contribution is 0.149. The first-order valence-corrected chi connectivity index (χ1v) is 10.4. The Balaban J connectivity index is 1.61. The molecule has 1 unspecified atom stereocenters. The van der Waals surface area contributed by atoms with E-state index in [0.717, 1.165) is 42.5 Å². The molecule has 1 heterocycles. The van der Waals surface area contributed by atoms with Crippen LogP contribution in [0, 0.1) is 0 Å². The number of likely N-dealkylation sites (tertiary alicyclic amines) is 1. The number of rotatable bonds is 7. The van der Waals surface area contributed by atoms with Crippen LogP contribution in [-0.4, -0.2) is 49.4 Å². The van der Waals surface area contributed by atoms with Crippen molar-refractivity contribution in [2.75, 3.05) is 25.4 Å². The molecule has 0 radical (unpaired) electrons. The van der Waals surface area contributed by atoms with Crippen molar-refractivity contribution in [2.45, 2.75) is 31.7 Å². The molecule has 1 aliphatic rings. The van der Waals surface area contributed by atoms with Crippen LogP contribution in [-0.2, 0) is 10.1 Å². The van der Waals surface area contributed by atoms with Crippen LogP contribution in [0.15, 0.2) is 42.5 Å². The van der Waals surface area contributed by atoms with E-state index in [1.165, 1.54) is 6.42 Å². The number of fused-ring (bicyclic) bond motifs is 1. The molecule has 1 N–H and O–H groups in total. The van der Waals surface area contributed by atoms with Crippen LogP contribution >= 0.6 is 0 Å². The van der Waals surface area contributed by atoms with E-state index in [2.05, 4.69) is 11.0 Å². The Morgan fingerprint density at radius 3 is 2.48 bits per heavy atom. The maximum absolute atomic E-state index is 11.4. The molecule has 1 saturated heterocycles. The van der Waals surface area contributed by atoms with Gasteiger partial charge in [0.15, 0.2) is 0 Å². The molecular formula is C19H25NO4S.